The van der Waals surface area contributed by atoms with Crippen molar-refractivity contribution in [3.63, 3.8) is 0 Å². The third kappa shape index (κ3) is 5.98. The molecule has 0 spiro atoms. The van der Waals surface area contributed by atoms with Gasteiger partial charge in [-0.1, -0.05) is 72.8 Å². The zero-order valence-corrected chi connectivity index (χ0v) is 18.7. The number of aliphatic carboxylic acids is 1. The van der Waals surface area contributed by atoms with Crippen LogP contribution in [0.15, 0.2) is 95.8 Å². The molecular weight excluding hydrogens is 428 g/mol. The number of hydrogen-bond donors (Lipinski definition) is 2. The molecule has 0 amide bonds. The second-order valence-electron chi connectivity index (χ2n) is 8.08. The molecule has 0 aliphatic heterocycles. The van der Waals surface area contributed by atoms with E-state index in [0.29, 0.717) is 12.2 Å². The Labute approximate surface area is 197 Å². The summed E-state index contributed by atoms with van der Waals surface area (Å²) < 4.78 is 5.28. The Hall–Kier alpha value is -4.19. The first-order chi connectivity index (χ1) is 16.6. The number of nitrogens with one attached hydrogen (secondary N) is 1. The van der Waals surface area contributed by atoms with E-state index in [1.54, 1.807) is 12.1 Å². The zero-order valence-electron chi connectivity index (χ0n) is 18.7. The van der Waals surface area contributed by atoms with Crippen LogP contribution >= 0.6 is 0 Å². The van der Waals surface area contributed by atoms with E-state index < -0.39 is 5.97 Å². The van der Waals surface area contributed by atoms with Gasteiger partial charge in [-0.2, -0.15) is 5.10 Å². The Morgan fingerprint density at radius 2 is 1.56 bits per heavy atom. The van der Waals surface area contributed by atoms with Gasteiger partial charge in [0, 0.05) is 6.07 Å². The quantitative estimate of drug-likeness (QED) is 0.366. The molecule has 2 N–H and O–H groups in total. The van der Waals surface area contributed by atoms with Crippen molar-refractivity contribution < 1.29 is 14.6 Å². The first-order valence-corrected chi connectivity index (χ1v) is 11.2. The molecule has 6 heteroatoms. The van der Waals surface area contributed by atoms with Crippen molar-refractivity contribution in [2.45, 2.75) is 25.2 Å². The predicted octanol–water partition coefficient (Wildman–Crippen LogP) is 4.59. The van der Waals surface area contributed by atoms with E-state index in [1.165, 1.54) is 0 Å². The highest BCUT2D eigenvalue weighted by atomic mass is 16.5. The highest BCUT2D eigenvalue weighted by Gasteiger charge is 2.21. The topological polar surface area (TPSA) is 92.3 Å². The van der Waals surface area contributed by atoms with Crippen molar-refractivity contribution in [1.29, 1.82) is 0 Å². The summed E-state index contributed by atoms with van der Waals surface area (Å²) in [5.41, 5.74) is 4.80. The molecule has 1 aromatic heterocycles. The van der Waals surface area contributed by atoms with Crippen molar-refractivity contribution in [1.82, 2.24) is 10.2 Å². The van der Waals surface area contributed by atoms with E-state index in [4.69, 9.17) is 9.84 Å². The lowest BCUT2D eigenvalue weighted by Crippen LogP contribution is -2.17. The molecule has 0 aliphatic rings. The number of ether oxygens (including phenoxy) is 1. The lowest BCUT2D eigenvalue weighted by Gasteiger charge is -2.20. The Morgan fingerprint density at radius 3 is 2.21 bits per heavy atom. The van der Waals surface area contributed by atoms with Crippen LogP contribution in [-0.4, -0.2) is 27.9 Å². The summed E-state index contributed by atoms with van der Waals surface area (Å²) in [5, 5.41) is 15.9. The Kier molecular flexibility index (Phi) is 7.50. The van der Waals surface area contributed by atoms with Crippen molar-refractivity contribution in [3.8, 4) is 5.75 Å². The maximum atomic E-state index is 12.2. The third-order valence-corrected chi connectivity index (χ3v) is 5.63. The summed E-state index contributed by atoms with van der Waals surface area (Å²) in [6.45, 7) is -0.369. The molecule has 6 nitrogen and oxygen atoms in total. The molecule has 172 valence electrons. The van der Waals surface area contributed by atoms with Crippen LogP contribution in [0.5, 0.6) is 5.75 Å². The van der Waals surface area contributed by atoms with Gasteiger partial charge in [0.1, 0.15) is 5.75 Å². The Morgan fingerprint density at radius 1 is 0.882 bits per heavy atom. The summed E-state index contributed by atoms with van der Waals surface area (Å²) in [4.78, 5) is 22.9. The van der Waals surface area contributed by atoms with Gasteiger partial charge in [-0.05, 0) is 53.6 Å². The fraction of sp³-hybridized carbons (Fsp3) is 0.179. The minimum atomic E-state index is -1.01. The average Bonchev–Trinajstić information content (AvgIpc) is 2.86. The Balaban J connectivity index is 1.57. The Bertz CT molecular complexity index is 1250. The fourth-order valence-electron chi connectivity index (χ4n) is 4.12. The number of aromatic nitrogens is 2. The van der Waals surface area contributed by atoms with Crippen LogP contribution < -0.4 is 10.3 Å². The van der Waals surface area contributed by atoms with Gasteiger partial charge in [-0.25, -0.2) is 9.89 Å². The summed E-state index contributed by atoms with van der Waals surface area (Å²) in [6, 6.07) is 29.4. The molecule has 0 fully saturated rings. The van der Waals surface area contributed by atoms with Crippen LogP contribution in [0.1, 0.15) is 40.3 Å². The number of carboxylic acid groups (broad SMARTS) is 1. The smallest absolute Gasteiger partial charge is 0.341 e. The molecule has 0 saturated carbocycles. The van der Waals surface area contributed by atoms with E-state index in [1.807, 2.05) is 54.6 Å². The number of hydrogen-bond acceptors (Lipinski definition) is 4. The number of benzene rings is 3. The molecule has 34 heavy (non-hydrogen) atoms. The molecule has 0 saturated heterocycles. The SMILES string of the molecule is O=C(O)COc1cccc(CCCc2cc(=O)[nH]nc2C(c2ccccc2)c2ccccc2)c1. The molecule has 3 aromatic carbocycles. The zero-order chi connectivity index (χ0) is 23.8. The second kappa shape index (κ2) is 11.1. The fourth-order valence-corrected chi connectivity index (χ4v) is 4.12. The minimum Gasteiger partial charge on any atom is -0.482 e. The maximum Gasteiger partial charge on any atom is 0.341 e. The van der Waals surface area contributed by atoms with E-state index in [2.05, 4.69) is 34.5 Å². The lowest BCUT2D eigenvalue weighted by molar-refractivity contribution is -0.139. The average molecular weight is 455 g/mol. The second-order valence-corrected chi connectivity index (χ2v) is 8.08. The summed E-state index contributed by atoms with van der Waals surface area (Å²) in [6.07, 6.45) is 2.25. The molecule has 0 radical (unpaired) electrons. The van der Waals surface area contributed by atoms with E-state index in [0.717, 1.165) is 40.8 Å². The monoisotopic (exact) mass is 454 g/mol. The first kappa shape index (κ1) is 23.0. The maximum absolute atomic E-state index is 12.2. The van der Waals surface area contributed by atoms with Crippen molar-refractivity contribution in [3.05, 3.63) is 129 Å². The third-order valence-electron chi connectivity index (χ3n) is 5.63. The van der Waals surface area contributed by atoms with Gasteiger partial charge in [0.15, 0.2) is 6.61 Å². The van der Waals surface area contributed by atoms with E-state index in [-0.39, 0.29) is 18.1 Å². The normalized spacial score (nSPS) is 10.9. The number of H-pyrrole nitrogens is 1. The van der Waals surface area contributed by atoms with Crippen molar-refractivity contribution in [2.75, 3.05) is 6.61 Å². The molecule has 0 aliphatic carbocycles. The van der Waals surface area contributed by atoms with Gasteiger partial charge in [-0.3, -0.25) is 4.79 Å². The lowest BCUT2D eigenvalue weighted by atomic mass is 9.85. The molecule has 4 rings (SSSR count). The van der Waals surface area contributed by atoms with Gasteiger partial charge < -0.3 is 9.84 Å². The van der Waals surface area contributed by atoms with Gasteiger partial charge >= 0.3 is 5.97 Å². The first-order valence-electron chi connectivity index (χ1n) is 11.2. The number of aromatic amines is 1. The summed E-state index contributed by atoms with van der Waals surface area (Å²) in [5.74, 6) is -0.570. The number of nitrogens with zero attached hydrogens (tertiary/aromatic N) is 1. The molecule has 0 bridgehead atoms. The van der Waals surface area contributed by atoms with E-state index >= 15 is 0 Å². The number of aryl methyl sites for hydroxylation is 2. The van der Waals surface area contributed by atoms with Gasteiger partial charge in [0.05, 0.1) is 11.6 Å². The van der Waals surface area contributed by atoms with Crippen LogP contribution in [0.25, 0.3) is 0 Å². The van der Waals surface area contributed by atoms with Crippen molar-refractivity contribution >= 4 is 5.97 Å². The van der Waals surface area contributed by atoms with Crippen molar-refractivity contribution in [2.24, 2.45) is 0 Å². The summed E-state index contributed by atoms with van der Waals surface area (Å²) in [7, 11) is 0. The predicted molar refractivity (Wildman–Crippen MR) is 130 cm³/mol. The van der Waals surface area contributed by atoms with Crippen LogP contribution in [-0.2, 0) is 17.6 Å². The van der Waals surface area contributed by atoms with Crippen LogP contribution in [0, 0.1) is 0 Å². The number of carboxylic acids is 1. The van der Waals surface area contributed by atoms with Crippen LogP contribution in [0.2, 0.25) is 0 Å². The highest BCUT2D eigenvalue weighted by Crippen LogP contribution is 2.32. The largest absolute Gasteiger partial charge is 0.482 e. The molecule has 0 atom stereocenters. The molecular formula is C28H26N2O4. The minimum absolute atomic E-state index is 0.0954. The molecule has 0 unspecified atom stereocenters. The summed E-state index contributed by atoms with van der Waals surface area (Å²) >= 11 is 0. The van der Waals surface area contributed by atoms with Gasteiger partial charge in [0.2, 0.25) is 0 Å². The number of rotatable bonds is 10. The van der Waals surface area contributed by atoms with Crippen LogP contribution in [0.4, 0.5) is 0 Å². The highest BCUT2D eigenvalue weighted by molar-refractivity contribution is 5.68. The van der Waals surface area contributed by atoms with Crippen LogP contribution in [0.3, 0.4) is 0 Å². The molecule has 1 heterocycles. The molecule has 4 aromatic rings. The van der Waals surface area contributed by atoms with Gasteiger partial charge in [0.25, 0.3) is 5.56 Å². The standard InChI is InChI=1S/C28H26N2O4/c31-25-18-23(15-7-9-20-10-8-16-24(17-20)34-19-26(32)33)28(30-29-25)27(21-11-3-1-4-12-21)22-13-5-2-6-14-22/h1-6,8,10-14,16-18,27H,7,9,15,19H2,(H,29,31)(H,32,33). The number of carbonyl (C=O) groups is 1. The van der Waals surface area contributed by atoms with E-state index in [9.17, 15) is 9.59 Å². The van der Waals surface area contributed by atoms with Gasteiger partial charge in [-0.15, -0.1) is 0 Å².